The Morgan fingerprint density at radius 2 is 1.86 bits per heavy atom. The average Bonchev–Trinajstić information content (AvgIpc) is 2.66. The van der Waals surface area contributed by atoms with Crippen molar-refractivity contribution in [1.82, 2.24) is 0 Å². The van der Waals surface area contributed by atoms with E-state index in [2.05, 4.69) is 0 Å². The van der Waals surface area contributed by atoms with Crippen LogP contribution in [0.15, 0.2) is 68.7 Å². The van der Waals surface area contributed by atoms with Crippen LogP contribution in [0.25, 0.3) is 33.4 Å². The first-order valence-corrected chi connectivity index (χ1v) is 8.93. The minimum Gasteiger partial charge on any atom is -0.508 e. The second kappa shape index (κ2) is 6.76. The number of carboxylic acid groups (broad SMARTS) is 1. The van der Waals surface area contributed by atoms with Gasteiger partial charge in [-0.25, -0.2) is 4.79 Å². The summed E-state index contributed by atoms with van der Waals surface area (Å²) in [5.41, 5.74) is 1.60. The van der Waals surface area contributed by atoms with Crippen molar-refractivity contribution in [1.29, 1.82) is 5.26 Å². The average molecular weight is 389 g/mol. The number of rotatable bonds is 3. The number of nitriles is 1. The molecule has 2 aromatic carbocycles. The van der Waals surface area contributed by atoms with E-state index in [0.717, 1.165) is 11.8 Å². The molecule has 136 valence electrons. The second-order valence-electron chi connectivity index (χ2n) is 6.02. The molecule has 0 aromatic heterocycles. The van der Waals surface area contributed by atoms with Crippen LogP contribution >= 0.6 is 11.8 Å². The van der Waals surface area contributed by atoms with Gasteiger partial charge in [-0.3, -0.25) is 4.79 Å². The number of thioether (sulfide) groups is 1. The van der Waals surface area contributed by atoms with Gasteiger partial charge in [-0.1, -0.05) is 0 Å². The van der Waals surface area contributed by atoms with Crippen molar-refractivity contribution in [2.75, 3.05) is 0 Å². The van der Waals surface area contributed by atoms with Crippen LogP contribution in [0.2, 0.25) is 0 Å². The Bertz CT molecular complexity index is 1320. The monoisotopic (exact) mass is 389 g/mol. The van der Waals surface area contributed by atoms with Gasteiger partial charge in [0.1, 0.15) is 22.5 Å². The molecule has 7 heteroatoms. The van der Waals surface area contributed by atoms with Gasteiger partial charge >= 0.3 is 5.97 Å². The lowest BCUT2D eigenvalue weighted by Gasteiger charge is -2.17. The van der Waals surface area contributed by atoms with Gasteiger partial charge in [0, 0.05) is 33.5 Å². The third kappa shape index (κ3) is 2.96. The Morgan fingerprint density at radius 3 is 2.61 bits per heavy atom. The number of thiocyanates is 1. The Hall–Kier alpha value is -3.76. The summed E-state index contributed by atoms with van der Waals surface area (Å²) in [4.78, 5) is 24.3. The lowest BCUT2D eigenvalue weighted by atomic mass is 9.91. The summed E-state index contributed by atoms with van der Waals surface area (Å²) in [6, 6.07) is 13.4. The third-order valence-electron chi connectivity index (χ3n) is 4.33. The zero-order chi connectivity index (χ0) is 19.8. The molecular weight excluding hydrogens is 378 g/mol. The van der Waals surface area contributed by atoms with Gasteiger partial charge in [0.05, 0.1) is 5.56 Å². The number of fused-ring (bicyclic) bond motifs is 2. The summed E-state index contributed by atoms with van der Waals surface area (Å²) in [6.45, 7) is 0. The highest BCUT2D eigenvalue weighted by molar-refractivity contribution is 8.03. The summed E-state index contributed by atoms with van der Waals surface area (Å²) < 4.78 is 5.78. The molecule has 0 bridgehead atoms. The molecule has 2 N–H and O–H groups in total. The van der Waals surface area contributed by atoms with Gasteiger partial charge in [-0.05, 0) is 59.8 Å². The van der Waals surface area contributed by atoms with Crippen LogP contribution < -0.4 is 5.43 Å². The standard InChI is InChI=1S/C21H11NO5S/c22-10-28-13-3-6-14(21(25)26)17(9-13)20-15-4-1-11(23)7-18(15)27-19-8-12(24)2-5-16(19)20/h1-9,23H,(H,25,26). The smallest absolute Gasteiger partial charge is 0.336 e. The molecule has 6 nitrogen and oxygen atoms in total. The number of hydrogen-bond acceptors (Lipinski definition) is 6. The van der Waals surface area contributed by atoms with Gasteiger partial charge in [0.2, 0.25) is 0 Å². The highest BCUT2D eigenvalue weighted by Crippen LogP contribution is 2.42. The molecule has 2 aliphatic rings. The Kier molecular flexibility index (Phi) is 4.26. The zero-order valence-corrected chi connectivity index (χ0v) is 15.0. The fourth-order valence-corrected chi connectivity index (χ4v) is 3.60. The van der Waals surface area contributed by atoms with E-state index < -0.39 is 5.97 Å². The van der Waals surface area contributed by atoms with Crippen LogP contribution in [0.4, 0.5) is 0 Å². The Labute approximate surface area is 162 Å². The highest BCUT2D eigenvalue weighted by Gasteiger charge is 2.22. The van der Waals surface area contributed by atoms with Crippen molar-refractivity contribution in [3.63, 3.8) is 0 Å². The first kappa shape index (κ1) is 17.6. The molecule has 2 aromatic rings. The van der Waals surface area contributed by atoms with Gasteiger partial charge in [0.15, 0.2) is 5.43 Å². The van der Waals surface area contributed by atoms with E-state index in [4.69, 9.17) is 9.68 Å². The number of hydrogen-bond donors (Lipinski definition) is 2. The molecular formula is C21H11NO5S. The molecule has 1 aliphatic heterocycles. The van der Waals surface area contributed by atoms with Gasteiger partial charge < -0.3 is 14.6 Å². The molecule has 0 saturated heterocycles. The first-order valence-electron chi connectivity index (χ1n) is 8.11. The molecule has 0 atom stereocenters. The number of carbonyl (C=O) groups is 1. The normalized spacial score (nSPS) is 10.8. The van der Waals surface area contributed by atoms with Gasteiger partial charge in [0.25, 0.3) is 0 Å². The predicted octanol–water partition coefficient (Wildman–Crippen LogP) is 4.54. The SMILES string of the molecule is N#CSc1ccc(C(=O)O)c(-c2c3ccc(=O)cc-3oc3cc(O)ccc23)c1. The van der Waals surface area contributed by atoms with Crippen LogP contribution in [0.5, 0.6) is 5.75 Å². The number of carboxylic acids is 1. The predicted molar refractivity (Wildman–Crippen MR) is 105 cm³/mol. The van der Waals surface area contributed by atoms with E-state index in [1.54, 1.807) is 24.3 Å². The van der Waals surface area contributed by atoms with E-state index in [1.807, 2.05) is 5.40 Å². The Morgan fingerprint density at radius 1 is 1.04 bits per heavy atom. The van der Waals surface area contributed by atoms with Crippen molar-refractivity contribution in [3.05, 3.63) is 70.4 Å². The number of nitrogens with zero attached hydrogens (tertiary/aromatic N) is 1. The highest BCUT2D eigenvalue weighted by atomic mass is 32.2. The Balaban J connectivity index is 2.19. The first-order chi connectivity index (χ1) is 13.5. The number of phenols is 1. The largest absolute Gasteiger partial charge is 0.508 e. The van der Waals surface area contributed by atoms with Crippen molar-refractivity contribution >= 4 is 28.7 Å². The molecule has 0 radical (unpaired) electrons. The van der Waals surface area contributed by atoms with E-state index in [0.29, 0.717) is 32.6 Å². The molecule has 0 fully saturated rings. The summed E-state index contributed by atoms with van der Waals surface area (Å²) >= 11 is 0.919. The number of benzene rings is 3. The van der Waals surface area contributed by atoms with Crippen molar-refractivity contribution in [2.45, 2.75) is 4.90 Å². The number of aromatic hydroxyl groups is 1. The molecule has 1 heterocycles. The molecule has 4 rings (SSSR count). The maximum Gasteiger partial charge on any atom is 0.336 e. The summed E-state index contributed by atoms with van der Waals surface area (Å²) in [5.74, 6) is -0.868. The van der Waals surface area contributed by atoms with Gasteiger partial charge in [-0.2, -0.15) is 5.26 Å². The third-order valence-corrected chi connectivity index (χ3v) is 4.91. The van der Waals surface area contributed by atoms with Crippen molar-refractivity contribution < 1.29 is 19.4 Å². The fraction of sp³-hybridized carbons (Fsp3) is 0. The number of phenolic OH excluding ortho intramolecular Hbond substituents is 1. The molecule has 28 heavy (non-hydrogen) atoms. The topological polar surface area (TPSA) is 112 Å². The lowest BCUT2D eigenvalue weighted by molar-refractivity contribution is 0.0697. The van der Waals surface area contributed by atoms with Gasteiger partial charge in [-0.15, -0.1) is 0 Å². The molecule has 0 saturated carbocycles. The van der Waals surface area contributed by atoms with Crippen LogP contribution in [0, 0.1) is 10.7 Å². The zero-order valence-electron chi connectivity index (χ0n) is 14.2. The molecule has 1 aliphatic carbocycles. The van der Waals surface area contributed by atoms with Crippen molar-refractivity contribution in [2.24, 2.45) is 0 Å². The van der Waals surface area contributed by atoms with Crippen LogP contribution in [-0.2, 0) is 0 Å². The molecule has 0 spiro atoms. The van der Waals surface area contributed by atoms with Crippen molar-refractivity contribution in [3.8, 4) is 33.6 Å². The number of aromatic carboxylic acids is 1. The van der Waals surface area contributed by atoms with Crippen LogP contribution in [0.1, 0.15) is 10.4 Å². The summed E-state index contributed by atoms with van der Waals surface area (Å²) in [7, 11) is 0. The molecule has 0 unspecified atom stereocenters. The summed E-state index contributed by atoms with van der Waals surface area (Å²) in [5, 5.41) is 31.0. The van der Waals surface area contributed by atoms with E-state index >= 15 is 0 Å². The lowest BCUT2D eigenvalue weighted by Crippen LogP contribution is -2.03. The molecule has 0 amide bonds. The van der Waals surface area contributed by atoms with Crippen LogP contribution in [0.3, 0.4) is 0 Å². The second-order valence-corrected chi connectivity index (χ2v) is 6.88. The van der Waals surface area contributed by atoms with E-state index in [1.165, 1.54) is 30.3 Å². The van der Waals surface area contributed by atoms with Crippen LogP contribution in [-0.4, -0.2) is 16.2 Å². The van der Waals surface area contributed by atoms with E-state index in [9.17, 15) is 19.8 Å². The maximum absolute atomic E-state index is 11.9. The fourth-order valence-electron chi connectivity index (χ4n) is 3.18. The minimum atomic E-state index is -1.12. The minimum absolute atomic E-state index is 0.0212. The van der Waals surface area contributed by atoms with E-state index in [-0.39, 0.29) is 22.5 Å². The maximum atomic E-state index is 11.9. The summed E-state index contributed by atoms with van der Waals surface area (Å²) in [6.07, 6.45) is 0. The quantitative estimate of drug-likeness (QED) is 0.300.